The zero-order valence-electron chi connectivity index (χ0n) is 17.7. The maximum absolute atomic E-state index is 12.4. The molecule has 0 saturated carbocycles. The first-order valence-electron chi connectivity index (χ1n) is 10.6. The van der Waals surface area contributed by atoms with Crippen molar-refractivity contribution in [1.29, 1.82) is 0 Å². The van der Waals surface area contributed by atoms with Crippen LogP contribution >= 0.6 is 11.3 Å². The second-order valence-electron chi connectivity index (χ2n) is 7.83. The Balaban J connectivity index is 1.22. The van der Waals surface area contributed by atoms with Crippen molar-refractivity contribution in [3.8, 4) is 10.6 Å². The minimum atomic E-state index is -0.181. The van der Waals surface area contributed by atoms with Crippen molar-refractivity contribution in [2.75, 3.05) is 11.9 Å². The number of aromatic nitrogens is 4. The van der Waals surface area contributed by atoms with Gasteiger partial charge in [0.2, 0.25) is 10.9 Å². The first-order valence-corrected chi connectivity index (χ1v) is 11.4. The quantitative estimate of drug-likeness (QED) is 0.441. The monoisotopic (exact) mass is 445 g/mol. The Labute approximate surface area is 189 Å². The van der Waals surface area contributed by atoms with Crippen LogP contribution in [0.4, 0.5) is 5.69 Å². The zero-order chi connectivity index (χ0) is 21.9. The van der Waals surface area contributed by atoms with E-state index >= 15 is 0 Å². The van der Waals surface area contributed by atoms with E-state index < -0.39 is 0 Å². The van der Waals surface area contributed by atoms with Crippen LogP contribution in [0.15, 0.2) is 54.6 Å². The van der Waals surface area contributed by atoms with Gasteiger partial charge < -0.3 is 10.1 Å². The first-order chi connectivity index (χ1) is 15.6. The molecule has 1 saturated heterocycles. The Morgan fingerprint density at radius 3 is 2.91 bits per heavy atom. The number of fused-ring (bicyclic) bond motifs is 1. The van der Waals surface area contributed by atoms with E-state index in [1.54, 1.807) is 10.6 Å². The molecule has 1 aliphatic heterocycles. The average Bonchev–Trinajstić information content (AvgIpc) is 3.53. The molecular formula is C24H23N5O2S. The van der Waals surface area contributed by atoms with Gasteiger partial charge in [0.05, 0.1) is 6.10 Å². The maximum atomic E-state index is 12.4. The largest absolute Gasteiger partial charge is 0.378 e. The van der Waals surface area contributed by atoms with Crippen LogP contribution < -0.4 is 5.32 Å². The standard InChI is InChI=1S/C24H23N5O2S/c1-16-26-27-24-29(16)28-23(32-24)19-4-2-5-20(15-19)25-22(30)12-11-17-7-9-18(10-8-17)14-21-6-3-13-31-21/h2,4-5,7-12,15,21H,3,6,13-14H2,1H3,(H,25,30). The van der Waals surface area contributed by atoms with Gasteiger partial charge in [-0.05, 0) is 55.5 Å². The average molecular weight is 446 g/mol. The number of carbonyl (C=O) groups is 1. The molecule has 2 aromatic heterocycles. The Bertz CT molecular complexity index is 1270. The molecule has 7 nitrogen and oxygen atoms in total. The Morgan fingerprint density at radius 2 is 2.12 bits per heavy atom. The number of anilines is 1. The molecule has 1 aliphatic rings. The number of benzene rings is 2. The lowest BCUT2D eigenvalue weighted by molar-refractivity contribution is -0.111. The summed E-state index contributed by atoms with van der Waals surface area (Å²) in [5, 5.41) is 16.4. The van der Waals surface area contributed by atoms with E-state index in [-0.39, 0.29) is 5.91 Å². The summed E-state index contributed by atoms with van der Waals surface area (Å²) in [4.78, 5) is 13.2. The van der Waals surface area contributed by atoms with E-state index in [9.17, 15) is 4.79 Å². The summed E-state index contributed by atoms with van der Waals surface area (Å²) in [5.41, 5.74) is 3.88. The van der Waals surface area contributed by atoms with Gasteiger partial charge in [0.15, 0.2) is 5.82 Å². The highest BCUT2D eigenvalue weighted by atomic mass is 32.1. The highest BCUT2D eigenvalue weighted by Crippen LogP contribution is 2.27. The topological polar surface area (TPSA) is 81.4 Å². The molecule has 0 radical (unpaired) electrons. The number of nitrogens with zero attached hydrogens (tertiary/aromatic N) is 4. The summed E-state index contributed by atoms with van der Waals surface area (Å²) in [6, 6.07) is 15.9. The van der Waals surface area contributed by atoms with Crippen LogP contribution in [0.1, 0.15) is 29.8 Å². The van der Waals surface area contributed by atoms with Gasteiger partial charge in [0, 0.05) is 23.9 Å². The van der Waals surface area contributed by atoms with Crippen molar-refractivity contribution in [3.05, 3.63) is 71.6 Å². The van der Waals surface area contributed by atoms with Crippen LogP contribution in [0.25, 0.3) is 21.6 Å². The number of hydrogen-bond acceptors (Lipinski definition) is 6. The van der Waals surface area contributed by atoms with Gasteiger partial charge in [-0.15, -0.1) is 10.2 Å². The van der Waals surface area contributed by atoms with Crippen LogP contribution in [0.5, 0.6) is 0 Å². The van der Waals surface area contributed by atoms with E-state index in [0.29, 0.717) is 11.8 Å². The number of hydrogen-bond donors (Lipinski definition) is 1. The van der Waals surface area contributed by atoms with Crippen LogP contribution in [-0.4, -0.2) is 38.4 Å². The first kappa shape index (κ1) is 20.5. The Morgan fingerprint density at radius 1 is 1.25 bits per heavy atom. The number of rotatable bonds is 6. The summed E-state index contributed by atoms with van der Waals surface area (Å²) in [7, 11) is 0. The molecule has 3 heterocycles. The second-order valence-corrected chi connectivity index (χ2v) is 8.79. The molecular weight excluding hydrogens is 422 g/mol. The van der Waals surface area contributed by atoms with E-state index in [2.05, 4.69) is 32.7 Å². The van der Waals surface area contributed by atoms with Crippen molar-refractivity contribution in [3.63, 3.8) is 0 Å². The number of ether oxygens (including phenoxy) is 1. The highest BCUT2D eigenvalue weighted by Gasteiger charge is 2.15. The molecule has 1 atom stereocenters. The van der Waals surface area contributed by atoms with Crippen molar-refractivity contribution >= 4 is 34.0 Å². The van der Waals surface area contributed by atoms with Gasteiger partial charge in [-0.2, -0.15) is 9.61 Å². The molecule has 5 rings (SSSR count). The second kappa shape index (κ2) is 9.02. The minimum absolute atomic E-state index is 0.181. The summed E-state index contributed by atoms with van der Waals surface area (Å²) in [6.07, 6.45) is 6.94. The molecule has 162 valence electrons. The number of nitrogens with one attached hydrogen (secondary N) is 1. The van der Waals surface area contributed by atoms with Crippen LogP contribution in [0, 0.1) is 6.92 Å². The Hall–Kier alpha value is -3.36. The molecule has 32 heavy (non-hydrogen) atoms. The number of aryl methyl sites for hydroxylation is 1. The van der Waals surface area contributed by atoms with Gasteiger partial charge in [-0.1, -0.05) is 47.7 Å². The van der Waals surface area contributed by atoms with E-state index in [1.165, 1.54) is 16.9 Å². The fraction of sp³-hybridized carbons (Fsp3) is 0.250. The molecule has 0 bridgehead atoms. The fourth-order valence-electron chi connectivity index (χ4n) is 3.75. The number of amides is 1. The lowest BCUT2D eigenvalue weighted by atomic mass is 10.0. The fourth-order valence-corrected chi connectivity index (χ4v) is 4.63. The predicted octanol–water partition coefficient (Wildman–Crippen LogP) is 4.53. The third kappa shape index (κ3) is 4.61. The maximum Gasteiger partial charge on any atom is 0.248 e. The lowest BCUT2D eigenvalue weighted by Gasteiger charge is -2.09. The Kier molecular flexibility index (Phi) is 5.79. The van der Waals surface area contributed by atoms with Crippen LogP contribution in [0.2, 0.25) is 0 Å². The van der Waals surface area contributed by atoms with E-state index in [4.69, 9.17) is 4.74 Å². The molecule has 0 spiro atoms. The van der Waals surface area contributed by atoms with Crippen molar-refractivity contribution in [1.82, 2.24) is 19.8 Å². The summed E-state index contributed by atoms with van der Waals surface area (Å²) >= 11 is 1.46. The third-order valence-corrected chi connectivity index (χ3v) is 6.37. The lowest BCUT2D eigenvalue weighted by Crippen LogP contribution is -2.08. The molecule has 0 aliphatic carbocycles. The minimum Gasteiger partial charge on any atom is -0.378 e. The molecule has 1 unspecified atom stereocenters. The van der Waals surface area contributed by atoms with Crippen molar-refractivity contribution < 1.29 is 9.53 Å². The van der Waals surface area contributed by atoms with E-state index in [0.717, 1.165) is 52.8 Å². The summed E-state index contributed by atoms with van der Waals surface area (Å²) in [5.74, 6) is 0.566. The van der Waals surface area contributed by atoms with Gasteiger partial charge >= 0.3 is 0 Å². The van der Waals surface area contributed by atoms with Gasteiger partial charge in [0.25, 0.3) is 0 Å². The summed E-state index contributed by atoms with van der Waals surface area (Å²) < 4.78 is 7.42. The summed E-state index contributed by atoms with van der Waals surface area (Å²) in [6.45, 7) is 2.74. The van der Waals surface area contributed by atoms with Crippen LogP contribution in [0.3, 0.4) is 0 Å². The smallest absolute Gasteiger partial charge is 0.248 e. The molecule has 8 heteroatoms. The molecule has 1 N–H and O–H groups in total. The number of carbonyl (C=O) groups excluding carboxylic acids is 1. The zero-order valence-corrected chi connectivity index (χ0v) is 18.5. The van der Waals surface area contributed by atoms with Gasteiger partial charge in [-0.3, -0.25) is 4.79 Å². The third-order valence-electron chi connectivity index (χ3n) is 5.42. The highest BCUT2D eigenvalue weighted by molar-refractivity contribution is 7.19. The molecule has 1 fully saturated rings. The van der Waals surface area contributed by atoms with Crippen LogP contribution in [-0.2, 0) is 16.0 Å². The SMILES string of the molecule is Cc1nnc2sc(-c3cccc(NC(=O)C=Cc4ccc(CC5CCCO5)cc4)c3)nn12. The normalized spacial score (nSPS) is 16.2. The predicted molar refractivity (Wildman–Crippen MR) is 126 cm³/mol. The molecule has 2 aromatic carbocycles. The van der Waals surface area contributed by atoms with Crippen molar-refractivity contribution in [2.45, 2.75) is 32.3 Å². The molecule has 1 amide bonds. The van der Waals surface area contributed by atoms with E-state index in [1.807, 2.05) is 49.4 Å². The van der Waals surface area contributed by atoms with Crippen molar-refractivity contribution in [2.24, 2.45) is 0 Å². The van der Waals surface area contributed by atoms with Gasteiger partial charge in [-0.25, -0.2) is 0 Å². The van der Waals surface area contributed by atoms with Gasteiger partial charge in [0.1, 0.15) is 5.01 Å². The molecule has 4 aromatic rings.